The highest BCUT2D eigenvalue weighted by molar-refractivity contribution is 6.05. The molecule has 1 amide bonds. The van der Waals surface area contributed by atoms with Gasteiger partial charge in [0.1, 0.15) is 5.82 Å². The molecule has 0 fully saturated rings. The lowest BCUT2D eigenvalue weighted by Crippen LogP contribution is -2.15. The molecular weight excluding hydrogens is 374 g/mol. The van der Waals surface area contributed by atoms with Crippen molar-refractivity contribution in [1.82, 2.24) is 9.78 Å². The van der Waals surface area contributed by atoms with Crippen molar-refractivity contribution in [3.05, 3.63) is 82.4 Å². The van der Waals surface area contributed by atoms with Gasteiger partial charge in [-0.05, 0) is 38.1 Å². The standard InChI is InChI=1S/C20H17F4N3O/c1-12-18(13(2)27(26-12)11-15-6-3-4-9-17(15)21)25-19(28)14-7-5-8-16(10-14)20(22,23)24/h3-10H,11H2,1-2H3,(H,25,28). The molecule has 0 atom stereocenters. The number of carbonyl (C=O) groups excluding carboxylic acids is 1. The minimum Gasteiger partial charge on any atom is -0.319 e. The van der Waals surface area contributed by atoms with E-state index in [0.29, 0.717) is 22.6 Å². The number of rotatable bonds is 4. The number of benzene rings is 2. The van der Waals surface area contributed by atoms with Gasteiger partial charge in [-0.1, -0.05) is 24.3 Å². The van der Waals surface area contributed by atoms with Crippen LogP contribution in [0.15, 0.2) is 48.5 Å². The number of nitrogens with zero attached hydrogens (tertiary/aromatic N) is 2. The molecule has 1 heterocycles. The Morgan fingerprint density at radius 2 is 1.82 bits per heavy atom. The SMILES string of the molecule is Cc1nn(Cc2ccccc2F)c(C)c1NC(=O)c1cccc(C(F)(F)F)c1. The van der Waals surface area contributed by atoms with Crippen molar-refractivity contribution in [3.63, 3.8) is 0 Å². The van der Waals surface area contributed by atoms with Gasteiger partial charge in [-0.25, -0.2) is 4.39 Å². The maximum Gasteiger partial charge on any atom is 0.416 e. The molecule has 1 N–H and O–H groups in total. The molecule has 3 aromatic rings. The van der Waals surface area contributed by atoms with Gasteiger partial charge in [0.15, 0.2) is 0 Å². The van der Waals surface area contributed by atoms with E-state index in [1.54, 1.807) is 32.0 Å². The molecule has 0 aliphatic heterocycles. The first-order valence-electron chi connectivity index (χ1n) is 8.43. The van der Waals surface area contributed by atoms with Crippen LogP contribution in [0.4, 0.5) is 23.2 Å². The zero-order valence-corrected chi connectivity index (χ0v) is 15.1. The van der Waals surface area contributed by atoms with Gasteiger partial charge in [0.25, 0.3) is 5.91 Å². The first kappa shape index (κ1) is 19.6. The zero-order chi connectivity index (χ0) is 20.5. The van der Waals surface area contributed by atoms with Gasteiger partial charge in [-0.2, -0.15) is 18.3 Å². The number of anilines is 1. The summed E-state index contributed by atoms with van der Waals surface area (Å²) in [5, 5.41) is 6.92. The Hall–Kier alpha value is -3.16. The first-order valence-corrected chi connectivity index (χ1v) is 8.43. The molecule has 0 aliphatic carbocycles. The number of carbonyl (C=O) groups is 1. The fraction of sp³-hybridized carbons (Fsp3) is 0.200. The van der Waals surface area contributed by atoms with Crippen molar-refractivity contribution in [2.75, 3.05) is 5.32 Å². The van der Waals surface area contributed by atoms with E-state index in [1.165, 1.54) is 22.9 Å². The minimum atomic E-state index is -4.53. The second-order valence-corrected chi connectivity index (χ2v) is 6.33. The molecule has 4 nitrogen and oxygen atoms in total. The Bertz CT molecular complexity index is 1020. The van der Waals surface area contributed by atoms with Crippen LogP contribution in [0.3, 0.4) is 0 Å². The van der Waals surface area contributed by atoms with Crippen LogP contribution < -0.4 is 5.32 Å². The molecule has 28 heavy (non-hydrogen) atoms. The largest absolute Gasteiger partial charge is 0.416 e. The number of halogens is 4. The average molecular weight is 391 g/mol. The summed E-state index contributed by atoms with van der Waals surface area (Å²) in [6.07, 6.45) is -4.53. The van der Waals surface area contributed by atoms with Crippen LogP contribution in [0.25, 0.3) is 0 Å². The maximum atomic E-state index is 13.9. The zero-order valence-electron chi connectivity index (χ0n) is 15.1. The van der Waals surface area contributed by atoms with E-state index in [4.69, 9.17) is 0 Å². The lowest BCUT2D eigenvalue weighted by Gasteiger charge is -2.10. The Kier molecular flexibility index (Phi) is 5.22. The van der Waals surface area contributed by atoms with E-state index < -0.39 is 17.6 Å². The van der Waals surface area contributed by atoms with Gasteiger partial charge < -0.3 is 5.32 Å². The van der Waals surface area contributed by atoms with Gasteiger partial charge >= 0.3 is 6.18 Å². The molecule has 0 spiro atoms. The first-order chi connectivity index (χ1) is 13.2. The third kappa shape index (κ3) is 4.05. The van der Waals surface area contributed by atoms with Crippen LogP contribution >= 0.6 is 0 Å². The molecule has 3 rings (SSSR count). The number of nitrogens with one attached hydrogen (secondary N) is 1. The van der Waals surface area contributed by atoms with Gasteiger partial charge in [-0.3, -0.25) is 9.48 Å². The van der Waals surface area contributed by atoms with Crippen molar-refractivity contribution in [2.24, 2.45) is 0 Å². The van der Waals surface area contributed by atoms with E-state index in [2.05, 4.69) is 10.4 Å². The van der Waals surface area contributed by atoms with Crippen LogP contribution in [-0.2, 0) is 12.7 Å². The van der Waals surface area contributed by atoms with Crippen LogP contribution in [-0.4, -0.2) is 15.7 Å². The smallest absolute Gasteiger partial charge is 0.319 e. The molecule has 0 aliphatic rings. The van der Waals surface area contributed by atoms with Crippen LogP contribution in [0.2, 0.25) is 0 Å². The topological polar surface area (TPSA) is 46.9 Å². The quantitative estimate of drug-likeness (QED) is 0.639. The normalized spacial score (nSPS) is 11.5. The van der Waals surface area contributed by atoms with E-state index in [-0.39, 0.29) is 17.9 Å². The fourth-order valence-corrected chi connectivity index (χ4v) is 2.84. The Morgan fingerprint density at radius 3 is 2.50 bits per heavy atom. The summed E-state index contributed by atoms with van der Waals surface area (Å²) in [6.45, 7) is 3.52. The number of hydrogen-bond acceptors (Lipinski definition) is 2. The molecule has 1 aromatic heterocycles. The Labute approximate surface area is 158 Å². The van der Waals surface area contributed by atoms with E-state index in [0.717, 1.165) is 12.1 Å². The highest BCUT2D eigenvalue weighted by Gasteiger charge is 2.31. The van der Waals surface area contributed by atoms with Gasteiger partial charge in [-0.15, -0.1) is 0 Å². The molecule has 8 heteroatoms. The number of aromatic nitrogens is 2. The Morgan fingerprint density at radius 1 is 1.11 bits per heavy atom. The molecule has 0 saturated heterocycles. The molecule has 0 saturated carbocycles. The lowest BCUT2D eigenvalue weighted by atomic mass is 10.1. The van der Waals surface area contributed by atoms with Crippen molar-refractivity contribution in [1.29, 1.82) is 0 Å². The predicted octanol–water partition coefficient (Wildman–Crippen LogP) is 4.96. The lowest BCUT2D eigenvalue weighted by molar-refractivity contribution is -0.137. The fourth-order valence-electron chi connectivity index (χ4n) is 2.84. The van der Waals surface area contributed by atoms with Crippen molar-refractivity contribution in [3.8, 4) is 0 Å². The number of hydrogen-bond donors (Lipinski definition) is 1. The second-order valence-electron chi connectivity index (χ2n) is 6.33. The molecule has 0 bridgehead atoms. The molecular formula is C20H17F4N3O. The van der Waals surface area contributed by atoms with Gasteiger partial charge in [0, 0.05) is 11.1 Å². The monoisotopic (exact) mass is 391 g/mol. The maximum absolute atomic E-state index is 13.9. The summed E-state index contributed by atoms with van der Waals surface area (Å²) in [7, 11) is 0. The minimum absolute atomic E-state index is 0.115. The summed E-state index contributed by atoms with van der Waals surface area (Å²) in [5.74, 6) is -1.05. The van der Waals surface area contributed by atoms with E-state index in [1.807, 2.05) is 0 Å². The van der Waals surface area contributed by atoms with Crippen molar-refractivity contribution < 1.29 is 22.4 Å². The number of alkyl halides is 3. The van der Waals surface area contributed by atoms with E-state index in [9.17, 15) is 22.4 Å². The third-order valence-electron chi connectivity index (χ3n) is 4.35. The van der Waals surface area contributed by atoms with E-state index >= 15 is 0 Å². The molecule has 146 valence electrons. The molecule has 2 aromatic carbocycles. The molecule has 0 unspecified atom stereocenters. The van der Waals surface area contributed by atoms with Crippen LogP contribution in [0.5, 0.6) is 0 Å². The third-order valence-corrected chi connectivity index (χ3v) is 4.35. The van der Waals surface area contributed by atoms with Crippen LogP contribution in [0.1, 0.15) is 32.9 Å². The predicted molar refractivity (Wildman–Crippen MR) is 96.6 cm³/mol. The second kappa shape index (κ2) is 7.46. The highest BCUT2D eigenvalue weighted by atomic mass is 19.4. The number of amides is 1. The van der Waals surface area contributed by atoms with Crippen LogP contribution in [0, 0.1) is 19.7 Å². The summed E-state index contributed by atoms with van der Waals surface area (Å²) < 4.78 is 54.0. The Balaban J connectivity index is 1.84. The summed E-state index contributed by atoms with van der Waals surface area (Å²) >= 11 is 0. The van der Waals surface area contributed by atoms with Gasteiger partial charge in [0.2, 0.25) is 0 Å². The molecule has 0 radical (unpaired) electrons. The van der Waals surface area contributed by atoms with Crippen molar-refractivity contribution >= 4 is 11.6 Å². The summed E-state index contributed by atoms with van der Waals surface area (Å²) in [6, 6.07) is 10.5. The summed E-state index contributed by atoms with van der Waals surface area (Å²) in [4.78, 5) is 12.4. The summed E-state index contributed by atoms with van der Waals surface area (Å²) in [5.41, 5.74) is 0.858. The van der Waals surface area contributed by atoms with Gasteiger partial charge in [0.05, 0.1) is 29.2 Å². The highest BCUT2D eigenvalue weighted by Crippen LogP contribution is 2.30. The number of aryl methyl sites for hydroxylation is 1. The average Bonchev–Trinajstić information content (AvgIpc) is 2.90. The van der Waals surface area contributed by atoms with Crippen molar-refractivity contribution in [2.45, 2.75) is 26.6 Å².